The van der Waals surface area contributed by atoms with Crippen molar-refractivity contribution in [2.75, 3.05) is 0 Å². The number of nitrogens with one attached hydrogen (secondary N) is 1. The molecule has 0 aliphatic heterocycles. The second-order valence-electron chi connectivity index (χ2n) is 5.00. The lowest BCUT2D eigenvalue weighted by Crippen LogP contribution is -2.33. The van der Waals surface area contributed by atoms with Crippen LogP contribution in [0.1, 0.15) is 38.3 Å². The molecule has 3 heteroatoms. The molecule has 3 nitrogen and oxygen atoms in total. The number of hydrogen-bond acceptors (Lipinski definition) is 2. The molecule has 17 heavy (non-hydrogen) atoms. The summed E-state index contributed by atoms with van der Waals surface area (Å²) in [6.07, 6.45) is 6.56. The van der Waals surface area contributed by atoms with E-state index >= 15 is 0 Å². The van der Waals surface area contributed by atoms with Crippen LogP contribution in [0.2, 0.25) is 0 Å². The van der Waals surface area contributed by atoms with E-state index in [2.05, 4.69) is 17.2 Å². The third-order valence-electron chi connectivity index (χ3n) is 3.39. The van der Waals surface area contributed by atoms with E-state index in [1.807, 2.05) is 18.2 Å². The Labute approximate surface area is 103 Å². The summed E-state index contributed by atoms with van der Waals surface area (Å²) >= 11 is 0. The molecule has 1 N–H and O–H groups in total. The summed E-state index contributed by atoms with van der Waals surface area (Å²) in [7, 11) is 0. The first-order valence-corrected chi connectivity index (χ1v) is 6.43. The fourth-order valence-electron chi connectivity index (χ4n) is 2.43. The smallest absolute Gasteiger partial charge is 0.220 e. The SMILES string of the molecule is CC1CCC(NC(=O)CCc2ccccn2)C1. The van der Waals surface area contributed by atoms with Crippen LogP contribution in [0.3, 0.4) is 0 Å². The Bertz CT molecular complexity index is 364. The molecule has 2 rings (SSSR count). The quantitative estimate of drug-likeness (QED) is 0.865. The third-order valence-corrected chi connectivity index (χ3v) is 3.39. The molecule has 1 amide bonds. The van der Waals surface area contributed by atoms with Gasteiger partial charge in [-0.3, -0.25) is 9.78 Å². The zero-order valence-corrected chi connectivity index (χ0v) is 10.4. The number of carbonyl (C=O) groups excluding carboxylic acids is 1. The number of pyridine rings is 1. The number of hydrogen-bond donors (Lipinski definition) is 1. The summed E-state index contributed by atoms with van der Waals surface area (Å²) in [6.45, 7) is 2.25. The van der Waals surface area contributed by atoms with Crippen molar-refractivity contribution in [2.45, 2.75) is 45.1 Å². The predicted molar refractivity (Wildman–Crippen MR) is 67.5 cm³/mol. The number of aromatic nitrogens is 1. The summed E-state index contributed by atoms with van der Waals surface area (Å²) in [4.78, 5) is 16.0. The van der Waals surface area contributed by atoms with Crippen molar-refractivity contribution in [3.8, 4) is 0 Å². The lowest BCUT2D eigenvalue weighted by atomic mass is 10.1. The van der Waals surface area contributed by atoms with E-state index < -0.39 is 0 Å². The normalized spacial score (nSPS) is 23.6. The molecule has 2 unspecified atom stereocenters. The van der Waals surface area contributed by atoms with Gasteiger partial charge in [-0.25, -0.2) is 0 Å². The molecule has 2 atom stereocenters. The fourth-order valence-corrected chi connectivity index (χ4v) is 2.43. The molecule has 0 aromatic carbocycles. The maximum Gasteiger partial charge on any atom is 0.220 e. The number of carbonyl (C=O) groups is 1. The summed E-state index contributed by atoms with van der Waals surface area (Å²) in [6, 6.07) is 6.22. The Kier molecular flexibility index (Phi) is 4.13. The van der Waals surface area contributed by atoms with Gasteiger partial charge in [0.15, 0.2) is 0 Å². The molecule has 1 aliphatic carbocycles. The lowest BCUT2D eigenvalue weighted by Gasteiger charge is -2.12. The van der Waals surface area contributed by atoms with Crippen LogP contribution in [0, 0.1) is 5.92 Å². The van der Waals surface area contributed by atoms with E-state index in [0.717, 1.165) is 30.9 Å². The monoisotopic (exact) mass is 232 g/mol. The Morgan fingerprint density at radius 3 is 3.00 bits per heavy atom. The average Bonchev–Trinajstić information content (AvgIpc) is 2.73. The Morgan fingerprint density at radius 2 is 2.35 bits per heavy atom. The van der Waals surface area contributed by atoms with Gasteiger partial charge in [-0.1, -0.05) is 13.0 Å². The second kappa shape index (κ2) is 5.80. The van der Waals surface area contributed by atoms with Crippen LogP contribution in [-0.2, 0) is 11.2 Å². The van der Waals surface area contributed by atoms with Gasteiger partial charge in [0.25, 0.3) is 0 Å². The van der Waals surface area contributed by atoms with Gasteiger partial charge in [0.05, 0.1) is 0 Å². The van der Waals surface area contributed by atoms with Crippen molar-refractivity contribution in [2.24, 2.45) is 5.92 Å². The summed E-state index contributed by atoms with van der Waals surface area (Å²) in [5, 5.41) is 3.11. The minimum Gasteiger partial charge on any atom is -0.353 e. The Balaban J connectivity index is 1.71. The summed E-state index contributed by atoms with van der Waals surface area (Å²) in [5.74, 6) is 0.922. The standard InChI is InChI=1S/C14H20N2O/c1-11-5-6-13(10-11)16-14(17)8-7-12-4-2-3-9-15-12/h2-4,9,11,13H,5-8,10H2,1H3,(H,16,17). The zero-order chi connectivity index (χ0) is 12.1. The minimum absolute atomic E-state index is 0.162. The number of rotatable bonds is 4. The van der Waals surface area contributed by atoms with Crippen LogP contribution >= 0.6 is 0 Å². The predicted octanol–water partition coefficient (Wildman–Crippen LogP) is 2.32. The molecule has 1 aromatic rings. The van der Waals surface area contributed by atoms with Crippen LogP contribution in [0.5, 0.6) is 0 Å². The molecule has 0 saturated heterocycles. The molecular formula is C14H20N2O. The van der Waals surface area contributed by atoms with Crippen molar-refractivity contribution in [1.29, 1.82) is 0 Å². The average molecular weight is 232 g/mol. The number of nitrogens with zero attached hydrogens (tertiary/aromatic N) is 1. The number of amides is 1. The molecule has 0 spiro atoms. The van der Waals surface area contributed by atoms with E-state index in [0.29, 0.717) is 12.5 Å². The fraction of sp³-hybridized carbons (Fsp3) is 0.571. The van der Waals surface area contributed by atoms with E-state index in [1.54, 1.807) is 6.20 Å². The molecule has 1 aromatic heterocycles. The minimum atomic E-state index is 0.162. The Hall–Kier alpha value is -1.38. The first-order chi connectivity index (χ1) is 8.24. The molecule has 1 heterocycles. The van der Waals surface area contributed by atoms with Gasteiger partial charge in [0.1, 0.15) is 0 Å². The van der Waals surface area contributed by atoms with E-state index in [-0.39, 0.29) is 5.91 Å². The maximum absolute atomic E-state index is 11.7. The molecule has 1 fully saturated rings. The van der Waals surface area contributed by atoms with E-state index in [9.17, 15) is 4.79 Å². The summed E-state index contributed by atoms with van der Waals surface area (Å²) < 4.78 is 0. The highest BCUT2D eigenvalue weighted by Gasteiger charge is 2.22. The highest BCUT2D eigenvalue weighted by molar-refractivity contribution is 5.76. The van der Waals surface area contributed by atoms with Crippen molar-refractivity contribution in [3.05, 3.63) is 30.1 Å². The van der Waals surface area contributed by atoms with Crippen molar-refractivity contribution in [3.63, 3.8) is 0 Å². The van der Waals surface area contributed by atoms with Gasteiger partial charge in [-0.05, 0) is 43.7 Å². The largest absolute Gasteiger partial charge is 0.353 e. The van der Waals surface area contributed by atoms with E-state index in [4.69, 9.17) is 0 Å². The highest BCUT2D eigenvalue weighted by Crippen LogP contribution is 2.24. The Morgan fingerprint density at radius 1 is 1.47 bits per heavy atom. The molecular weight excluding hydrogens is 212 g/mol. The van der Waals surface area contributed by atoms with Gasteiger partial charge in [-0.2, -0.15) is 0 Å². The second-order valence-corrected chi connectivity index (χ2v) is 5.00. The first kappa shape index (κ1) is 12.1. The van der Waals surface area contributed by atoms with Gasteiger partial charge < -0.3 is 5.32 Å². The van der Waals surface area contributed by atoms with Crippen molar-refractivity contribution in [1.82, 2.24) is 10.3 Å². The lowest BCUT2D eigenvalue weighted by molar-refractivity contribution is -0.121. The van der Waals surface area contributed by atoms with E-state index in [1.165, 1.54) is 6.42 Å². The van der Waals surface area contributed by atoms with Crippen LogP contribution in [0.4, 0.5) is 0 Å². The molecule has 0 radical (unpaired) electrons. The van der Waals surface area contributed by atoms with Gasteiger partial charge in [-0.15, -0.1) is 0 Å². The number of aryl methyl sites for hydroxylation is 1. The van der Waals surface area contributed by atoms with Gasteiger partial charge in [0, 0.05) is 24.4 Å². The first-order valence-electron chi connectivity index (χ1n) is 6.43. The summed E-state index contributed by atoms with van der Waals surface area (Å²) in [5.41, 5.74) is 0.988. The van der Waals surface area contributed by atoms with Crippen molar-refractivity contribution >= 4 is 5.91 Å². The van der Waals surface area contributed by atoms with Crippen molar-refractivity contribution < 1.29 is 4.79 Å². The van der Waals surface area contributed by atoms with Gasteiger partial charge >= 0.3 is 0 Å². The van der Waals surface area contributed by atoms with Crippen LogP contribution < -0.4 is 5.32 Å². The van der Waals surface area contributed by atoms with Crippen LogP contribution in [-0.4, -0.2) is 16.9 Å². The molecule has 1 aliphatic rings. The molecule has 92 valence electrons. The molecule has 1 saturated carbocycles. The topological polar surface area (TPSA) is 42.0 Å². The maximum atomic E-state index is 11.7. The van der Waals surface area contributed by atoms with Gasteiger partial charge in [0.2, 0.25) is 5.91 Å². The highest BCUT2D eigenvalue weighted by atomic mass is 16.1. The van der Waals surface area contributed by atoms with Crippen LogP contribution in [0.15, 0.2) is 24.4 Å². The molecule has 0 bridgehead atoms. The zero-order valence-electron chi connectivity index (χ0n) is 10.4. The third kappa shape index (κ3) is 3.84. The van der Waals surface area contributed by atoms with Crippen LogP contribution in [0.25, 0.3) is 0 Å².